The molecule has 3 atom stereocenters. The van der Waals surface area contributed by atoms with Crippen molar-refractivity contribution in [2.45, 2.75) is 32.5 Å². The van der Waals surface area contributed by atoms with E-state index < -0.39 is 23.7 Å². The summed E-state index contributed by atoms with van der Waals surface area (Å²) in [6, 6.07) is 11.0. The predicted octanol–water partition coefficient (Wildman–Crippen LogP) is 3.95. The van der Waals surface area contributed by atoms with Crippen LogP contribution in [0.15, 0.2) is 42.5 Å². The Balaban J connectivity index is 1.90. The number of hydrogen-bond acceptors (Lipinski definition) is 5. The number of para-hydroxylation sites is 1. The first-order chi connectivity index (χ1) is 14.4. The van der Waals surface area contributed by atoms with Crippen LogP contribution in [-0.4, -0.2) is 30.0 Å². The number of nitrogens with one attached hydrogen (secondary N) is 1. The molecule has 30 heavy (non-hydrogen) atoms. The van der Waals surface area contributed by atoms with E-state index in [9.17, 15) is 9.18 Å². The normalized spacial score (nSPS) is 24.4. The maximum Gasteiger partial charge on any atom is 0.317 e. The lowest BCUT2D eigenvalue weighted by Gasteiger charge is -2.55. The summed E-state index contributed by atoms with van der Waals surface area (Å²) in [5.41, 5.74) is 0.163. The fourth-order valence-electron chi connectivity index (χ4n) is 4.21. The largest absolute Gasteiger partial charge is 0.490 e. The van der Waals surface area contributed by atoms with Crippen LogP contribution in [0, 0.1) is 11.7 Å². The summed E-state index contributed by atoms with van der Waals surface area (Å²) in [5, 5.41) is 3.66. The number of ether oxygens (including phenoxy) is 3. The summed E-state index contributed by atoms with van der Waals surface area (Å²) < 4.78 is 31.2. The zero-order chi connectivity index (χ0) is 21.5. The molecule has 2 aliphatic rings. The molecular weight excluding hydrogens is 407 g/mol. The Morgan fingerprint density at radius 3 is 2.63 bits per heavy atom. The Labute approximate surface area is 179 Å². The van der Waals surface area contributed by atoms with Crippen LogP contribution in [-0.2, 0) is 9.53 Å². The van der Waals surface area contributed by atoms with Crippen molar-refractivity contribution in [2.24, 2.45) is 5.92 Å². The van der Waals surface area contributed by atoms with Crippen LogP contribution >= 0.6 is 12.2 Å². The lowest BCUT2D eigenvalue weighted by atomic mass is 9.79. The van der Waals surface area contributed by atoms with Crippen molar-refractivity contribution in [2.75, 3.05) is 18.1 Å². The summed E-state index contributed by atoms with van der Waals surface area (Å²) in [6.07, 6.45) is 0. The average molecular weight is 431 g/mol. The number of esters is 1. The molecule has 2 heterocycles. The average Bonchev–Trinajstić information content (AvgIpc) is 2.70. The van der Waals surface area contributed by atoms with Crippen molar-refractivity contribution in [1.29, 1.82) is 0 Å². The highest BCUT2D eigenvalue weighted by Crippen LogP contribution is 2.52. The van der Waals surface area contributed by atoms with E-state index in [0.29, 0.717) is 28.9 Å². The molecule has 2 aromatic carbocycles. The van der Waals surface area contributed by atoms with Gasteiger partial charge in [-0.25, -0.2) is 4.39 Å². The summed E-state index contributed by atoms with van der Waals surface area (Å²) in [5.74, 6) is -0.358. The molecule has 0 radical (unpaired) electrons. The van der Waals surface area contributed by atoms with Gasteiger partial charge in [-0.3, -0.25) is 9.69 Å². The molecule has 0 saturated carbocycles. The van der Waals surface area contributed by atoms with E-state index in [1.807, 2.05) is 25.1 Å². The Hall–Kier alpha value is -2.87. The number of thiocarbonyl (C=S) groups is 1. The van der Waals surface area contributed by atoms with Gasteiger partial charge >= 0.3 is 5.97 Å². The SMILES string of the molecule is CCOC(=O)[C@H]1[C@@H]2NC(=S)N(c3ccc(F)cc3)[C@]1(C)Oc1c(OCC)cccc12. The maximum absolute atomic E-state index is 13.5. The third-order valence-corrected chi connectivity index (χ3v) is 5.72. The maximum atomic E-state index is 13.5. The van der Waals surface area contributed by atoms with Gasteiger partial charge in [-0.1, -0.05) is 12.1 Å². The molecule has 2 aromatic rings. The van der Waals surface area contributed by atoms with Crippen molar-refractivity contribution in [3.8, 4) is 11.5 Å². The van der Waals surface area contributed by atoms with E-state index in [1.165, 1.54) is 12.1 Å². The van der Waals surface area contributed by atoms with Crippen LogP contribution in [0.4, 0.5) is 10.1 Å². The molecule has 1 fully saturated rings. The van der Waals surface area contributed by atoms with Gasteiger partial charge in [0.1, 0.15) is 11.7 Å². The van der Waals surface area contributed by atoms with Gasteiger partial charge in [0, 0.05) is 11.3 Å². The summed E-state index contributed by atoms with van der Waals surface area (Å²) in [6.45, 7) is 6.16. The van der Waals surface area contributed by atoms with E-state index in [4.69, 9.17) is 26.4 Å². The third kappa shape index (κ3) is 3.15. The minimum atomic E-state index is -1.21. The molecule has 6 nitrogen and oxygen atoms in total. The molecule has 0 spiro atoms. The number of benzene rings is 2. The van der Waals surface area contributed by atoms with Crippen molar-refractivity contribution >= 4 is 29.0 Å². The van der Waals surface area contributed by atoms with Gasteiger partial charge in [0.25, 0.3) is 0 Å². The van der Waals surface area contributed by atoms with Crippen molar-refractivity contribution in [3.05, 3.63) is 53.8 Å². The quantitative estimate of drug-likeness (QED) is 0.569. The second-order valence-electron chi connectivity index (χ2n) is 7.23. The van der Waals surface area contributed by atoms with Gasteiger partial charge in [-0.05, 0) is 63.3 Å². The number of carbonyl (C=O) groups excluding carboxylic acids is 1. The molecule has 4 rings (SSSR count). The Kier molecular flexibility index (Phi) is 5.27. The topological polar surface area (TPSA) is 60.0 Å². The Morgan fingerprint density at radius 2 is 1.97 bits per heavy atom. The van der Waals surface area contributed by atoms with E-state index in [1.54, 1.807) is 30.9 Å². The van der Waals surface area contributed by atoms with Gasteiger partial charge in [0.2, 0.25) is 5.72 Å². The number of anilines is 1. The van der Waals surface area contributed by atoms with Gasteiger partial charge < -0.3 is 19.5 Å². The number of rotatable bonds is 5. The first kappa shape index (κ1) is 20.4. The molecule has 0 unspecified atom stereocenters. The second-order valence-corrected chi connectivity index (χ2v) is 7.62. The first-order valence-electron chi connectivity index (χ1n) is 9.88. The lowest BCUT2D eigenvalue weighted by molar-refractivity contribution is -0.159. The predicted molar refractivity (Wildman–Crippen MR) is 114 cm³/mol. The molecule has 1 saturated heterocycles. The highest BCUT2D eigenvalue weighted by atomic mass is 32.1. The van der Waals surface area contributed by atoms with Crippen LogP contribution in [0.3, 0.4) is 0 Å². The van der Waals surface area contributed by atoms with Crippen molar-refractivity contribution in [3.63, 3.8) is 0 Å². The van der Waals surface area contributed by atoms with Crippen LogP contribution in [0.25, 0.3) is 0 Å². The first-order valence-corrected chi connectivity index (χ1v) is 10.3. The Bertz CT molecular complexity index is 984. The monoisotopic (exact) mass is 430 g/mol. The van der Waals surface area contributed by atoms with E-state index in [-0.39, 0.29) is 12.4 Å². The van der Waals surface area contributed by atoms with Crippen LogP contribution in [0.5, 0.6) is 11.5 Å². The van der Waals surface area contributed by atoms with E-state index >= 15 is 0 Å². The zero-order valence-corrected chi connectivity index (χ0v) is 17.8. The van der Waals surface area contributed by atoms with E-state index in [0.717, 1.165) is 5.56 Å². The molecular formula is C22H23FN2O4S. The number of hydrogen-bond donors (Lipinski definition) is 1. The fraction of sp³-hybridized carbons (Fsp3) is 0.364. The minimum absolute atomic E-state index is 0.241. The van der Waals surface area contributed by atoms with Crippen molar-refractivity contribution < 1.29 is 23.4 Å². The third-order valence-electron chi connectivity index (χ3n) is 5.41. The fourth-order valence-corrected chi connectivity index (χ4v) is 4.62. The lowest BCUT2D eigenvalue weighted by Crippen LogP contribution is -2.71. The molecule has 0 aliphatic carbocycles. The highest BCUT2D eigenvalue weighted by molar-refractivity contribution is 7.80. The zero-order valence-electron chi connectivity index (χ0n) is 17.0. The van der Waals surface area contributed by atoms with Crippen molar-refractivity contribution in [1.82, 2.24) is 5.32 Å². The van der Waals surface area contributed by atoms with Gasteiger partial charge in [-0.2, -0.15) is 0 Å². The van der Waals surface area contributed by atoms with E-state index in [2.05, 4.69) is 5.32 Å². The standard InChI is InChI=1S/C22H23FN2O4S/c1-4-27-16-8-6-7-15-18-17(20(26)28-5-2)22(3,29-19(15)16)25(21(30)24-18)14-11-9-13(23)10-12-14/h6-12,17-18H,4-5H2,1-3H3,(H,24,30)/t17-,18-,22-/m1/s1. The van der Waals surface area contributed by atoms with Gasteiger partial charge in [0.15, 0.2) is 16.6 Å². The molecule has 158 valence electrons. The number of carbonyl (C=O) groups is 1. The molecule has 8 heteroatoms. The highest BCUT2D eigenvalue weighted by Gasteiger charge is 2.60. The molecule has 0 aromatic heterocycles. The smallest absolute Gasteiger partial charge is 0.317 e. The molecule has 2 aliphatic heterocycles. The number of fused-ring (bicyclic) bond motifs is 4. The van der Waals surface area contributed by atoms with Crippen LogP contribution in [0.1, 0.15) is 32.4 Å². The summed E-state index contributed by atoms with van der Waals surface area (Å²) in [7, 11) is 0. The summed E-state index contributed by atoms with van der Waals surface area (Å²) >= 11 is 5.64. The van der Waals surface area contributed by atoms with Gasteiger partial charge in [0.05, 0.1) is 19.3 Å². The molecule has 0 amide bonds. The van der Waals surface area contributed by atoms with Gasteiger partial charge in [-0.15, -0.1) is 0 Å². The van der Waals surface area contributed by atoms with Crippen LogP contribution in [0.2, 0.25) is 0 Å². The minimum Gasteiger partial charge on any atom is -0.490 e. The number of nitrogens with zero attached hydrogens (tertiary/aromatic N) is 1. The Morgan fingerprint density at radius 1 is 1.23 bits per heavy atom. The second kappa shape index (κ2) is 7.75. The molecule has 2 bridgehead atoms. The molecule has 1 N–H and O–H groups in total. The number of halogens is 1. The van der Waals surface area contributed by atoms with Crippen LogP contribution < -0.4 is 19.7 Å². The summed E-state index contributed by atoms with van der Waals surface area (Å²) in [4.78, 5) is 14.8.